The lowest BCUT2D eigenvalue weighted by Crippen LogP contribution is -2.04. The number of carboxylic acid groups (broad SMARTS) is 1. The van der Waals surface area contributed by atoms with E-state index in [2.05, 4.69) is 0 Å². The van der Waals surface area contributed by atoms with Gasteiger partial charge in [0.05, 0.1) is 14.2 Å². The number of carboxylic acids is 1. The lowest BCUT2D eigenvalue weighted by atomic mass is 10.2. The molecule has 1 aromatic carbocycles. The van der Waals surface area contributed by atoms with E-state index >= 15 is 0 Å². The molecular weight excluding hydrogens is 227 g/mol. The molecule has 0 heterocycles. The highest BCUT2D eigenvalue weighted by Crippen LogP contribution is 2.38. The zero-order chi connectivity index (χ0) is 11.6. The van der Waals surface area contributed by atoms with Gasteiger partial charge < -0.3 is 14.6 Å². The predicted octanol–water partition coefficient (Wildman–Crippen LogP) is 2.19. The average Bonchev–Trinajstić information content (AvgIpc) is 2.21. The predicted molar refractivity (Wildman–Crippen MR) is 51.5 cm³/mol. The number of hydrogen-bond acceptors (Lipinski definition) is 3. The normalized spacial score (nSPS) is 9.87. The van der Waals surface area contributed by atoms with Gasteiger partial charge in [0.25, 0.3) is 0 Å². The van der Waals surface area contributed by atoms with Crippen LogP contribution in [0.2, 0.25) is 5.02 Å². The van der Waals surface area contributed by atoms with Crippen LogP contribution in [0.3, 0.4) is 0 Å². The van der Waals surface area contributed by atoms with Gasteiger partial charge in [0.15, 0.2) is 17.3 Å². The molecule has 0 aliphatic heterocycles. The lowest BCUT2D eigenvalue weighted by molar-refractivity contribution is 0.0691. The van der Waals surface area contributed by atoms with Gasteiger partial charge >= 0.3 is 5.97 Å². The maximum Gasteiger partial charge on any atom is 0.338 e. The third-order valence-electron chi connectivity index (χ3n) is 1.78. The fourth-order valence-corrected chi connectivity index (χ4v) is 1.36. The van der Waals surface area contributed by atoms with Crippen LogP contribution in [0.25, 0.3) is 0 Å². The fraction of sp³-hybridized carbons (Fsp3) is 0.222. The van der Waals surface area contributed by atoms with Crippen LogP contribution in [-0.4, -0.2) is 25.3 Å². The van der Waals surface area contributed by atoms with Crippen molar-refractivity contribution in [1.82, 2.24) is 0 Å². The highest BCUT2D eigenvalue weighted by molar-refractivity contribution is 6.32. The summed E-state index contributed by atoms with van der Waals surface area (Å²) in [6.45, 7) is 0. The van der Waals surface area contributed by atoms with Crippen LogP contribution in [0.15, 0.2) is 6.07 Å². The summed E-state index contributed by atoms with van der Waals surface area (Å²) in [5, 5.41) is 8.27. The van der Waals surface area contributed by atoms with Gasteiger partial charge in [-0.1, -0.05) is 11.6 Å². The molecule has 6 heteroatoms. The Labute approximate surface area is 90.2 Å². The van der Waals surface area contributed by atoms with E-state index in [0.717, 1.165) is 6.07 Å². The molecular formula is C9H8ClFO4. The number of carbonyl (C=O) groups is 1. The van der Waals surface area contributed by atoms with Crippen molar-refractivity contribution in [1.29, 1.82) is 0 Å². The maximum absolute atomic E-state index is 13.4. The van der Waals surface area contributed by atoms with Gasteiger partial charge in [0.2, 0.25) is 0 Å². The largest absolute Gasteiger partial charge is 0.493 e. The second-order valence-electron chi connectivity index (χ2n) is 2.59. The van der Waals surface area contributed by atoms with Crippen molar-refractivity contribution in [3.8, 4) is 11.5 Å². The van der Waals surface area contributed by atoms with Crippen LogP contribution < -0.4 is 9.47 Å². The maximum atomic E-state index is 13.4. The van der Waals surface area contributed by atoms with E-state index in [1.165, 1.54) is 14.2 Å². The van der Waals surface area contributed by atoms with Gasteiger partial charge in [-0.05, 0) is 0 Å². The van der Waals surface area contributed by atoms with Gasteiger partial charge in [-0.25, -0.2) is 9.18 Å². The zero-order valence-corrected chi connectivity index (χ0v) is 8.76. The second-order valence-corrected chi connectivity index (χ2v) is 2.97. The third kappa shape index (κ3) is 1.97. The summed E-state index contributed by atoms with van der Waals surface area (Å²) in [4.78, 5) is 10.6. The summed E-state index contributed by atoms with van der Waals surface area (Å²) in [5.74, 6) is -2.42. The van der Waals surface area contributed by atoms with E-state index < -0.39 is 22.4 Å². The first-order valence-electron chi connectivity index (χ1n) is 3.86. The molecule has 15 heavy (non-hydrogen) atoms. The molecule has 0 amide bonds. The van der Waals surface area contributed by atoms with E-state index in [1.807, 2.05) is 0 Å². The monoisotopic (exact) mass is 234 g/mol. The minimum Gasteiger partial charge on any atom is -0.493 e. The molecule has 0 unspecified atom stereocenters. The van der Waals surface area contributed by atoms with Gasteiger partial charge in [0.1, 0.15) is 10.6 Å². The zero-order valence-electron chi connectivity index (χ0n) is 8.01. The first kappa shape index (κ1) is 11.6. The van der Waals surface area contributed by atoms with Gasteiger partial charge in [-0.15, -0.1) is 0 Å². The van der Waals surface area contributed by atoms with E-state index in [9.17, 15) is 9.18 Å². The molecule has 0 bridgehead atoms. The van der Waals surface area contributed by atoms with Gasteiger partial charge in [-0.2, -0.15) is 0 Å². The summed E-state index contributed by atoms with van der Waals surface area (Å²) in [6, 6.07) is 1.02. The number of benzene rings is 1. The number of methoxy groups -OCH3 is 2. The Morgan fingerprint density at radius 3 is 2.47 bits per heavy atom. The first-order valence-corrected chi connectivity index (χ1v) is 4.24. The van der Waals surface area contributed by atoms with Gasteiger partial charge in [0, 0.05) is 6.07 Å². The molecule has 0 atom stereocenters. The van der Waals surface area contributed by atoms with Crippen molar-refractivity contribution >= 4 is 17.6 Å². The summed E-state index contributed by atoms with van der Waals surface area (Å²) in [6.07, 6.45) is 0. The highest BCUT2D eigenvalue weighted by atomic mass is 35.5. The van der Waals surface area contributed by atoms with Crippen LogP contribution in [0.5, 0.6) is 11.5 Å². The Balaban J connectivity index is 3.49. The highest BCUT2D eigenvalue weighted by Gasteiger charge is 2.21. The minimum atomic E-state index is -1.42. The number of rotatable bonds is 3. The Morgan fingerprint density at radius 2 is 2.07 bits per heavy atom. The summed E-state index contributed by atoms with van der Waals surface area (Å²) >= 11 is 5.58. The van der Waals surface area contributed by atoms with Crippen molar-refractivity contribution in [2.45, 2.75) is 0 Å². The van der Waals surface area contributed by atoms with Crippen LogP contribution in [0.4, 0.5) is 4.39 Å². The molecule has 0 saturated carbocycles. The van der Waals surface area contributed by atoms with Crippen LogP contribution in [0.1, 0.15) is 10.4 Å². The number of ether oxygens (including phenoxy) is 2. The molecule has 0 aromatic heterocycles. The third-order valence-corrected chi connectivity index (χ3v) is 2.12. The van der Waals surface area contributed by atoms with E-state index in [1.54, 1.807) is 0 Å². The Morgan fingerprint density at radius 1 is 1.47 bits per heavy atom. The minimum absolute atomic E-state index is 0.0262. The molecule has 0 saturated heterocycles. The summed E-state index contributed by atoms with van der Waals surface area (Å²) in [7, 11) is 2.58. The fourth-order valence-electron chi connectivity index (χ4n) is 1.08. The summed E-state index contributed by atoms with van der Waals surface area (Å²) in [5.41, 5.74) is -0.558. The Kier molecular flexibility index (Phi) is 3.36. The lowest BCUT2D eigenvalue weighted by Gasteiger charge is -2.11. The van der Waals surface area contributed by atoms with E-state index in [4.69, 9.17) is 26.2 Å². The smallest absolute Gasteiger partial charge is 0.338 e. The van der Waals surface area contributed by atoms with Gasteiger partial charge in [-0.3, -0.25) is 0 Å². The molecule has 1 N–H and O–H groups in total. The molecule has 0 fully saturated rings. The molecule has 4 nitrogen and oxygen atoms in total. The number of halogens is 2. The molecule has 0 aliphatic carbocycles. The van der Waals surface area contributed by atoms with Crippen LogP contribution >= 0.6 is 11.6 Å². The van der Waals surface area contributed by atoms with Crippen molar-refractivity contribution in [3.05, 3.63) is 22.5 Å². The van der Waals surface area contributed by atoms with Crippen molar-refractivity contribution in [2.24, 2.45) is 0 Å². The van der Waals surface area contributed by atoms with Crippen molar-refractivity contribution in [3.63, 3.8) is 0 Å². The SMILES string of the molecule is COc1cc(C(=O)O)c(F)c(Cl)c1OC. The molecule has 0 radical (unpaired) electrons. The number of hydrogen-bond donors (Lipinski definition) is 1. The molecule has 0 aliphatic rings. The Hall–Kier alpha value is -1.49. The first-order chi connectivity index (χ1) is 7.02. The average molecular weight is 235 g/mol. The van der Waals surface area contributed by atoms with E-state index in [-0.39, 0.29) is 11.5 Å². The van der Waals surface area contributed by atoms with Crippen LogP contribution in [-0.2, 0) is 0 Å². The number of aromatic carboxylic acids is 1. The quantitative estimate of drug-likeness (QED) is 0.871. The molecule has 1 rings (SSSR count). The topological polar surface area (TPSA) is 55.8 Å². The summed E-state index contributed by atoms with van der Waals surface area (Å²) < 4.78 is 23.0. The molecule has 1 aromatic rings. The standard InChI is InChI=1S/C9H8ClFO4/c1-14-5-3-4(9(12)13)7(11)6(10)8(5)15-2/h3H,1-2H3,(H,12,13). The molecule has 0 spiro atoms. The second kappa shape index (κ2) is 4.35. The van der Waals surface area contributed by atoms with E-state index in [0.29, 0.717) is 0 Å². The Bertz CT molecular complexity index is 406. The van der Waals surface area contributed by atoms with Crippen molar-refractivity contribution < 1.29 is 23.8 Å². The molecule has 82 valence electrons. The van der Waals surface area contributed by atoms with Crippen molar-refractivity contribution in [2.75, 3.05) is 14.2 Å². The van der Waals surface area contributed by atoms with Crippen LogP contribution in [0, 0.1) is 5.82 Å².